The lowest BCUT2D eigenvalue weighted by Gasteiger charge is -2.11. The zero-order valence-electron chi connectivity index (χ0n) is 9.39. The van der Waals surface area contributed by atoms with Gasteiger partial charge in [-0.05, 0) is 42.5 Å². The zero-order chi connectivity index (χ0) is 13.0. The molecule has 0 heterocycles. The van der Waals surface area contributed by atoms with Crippen molar-refractivity contribution < 1.29 is 4.74 Å². The van der Waals surface area contributed by atoms with Gasteiger partial charge in [0.1, 0.15) is 5.75 Å². The van der Waals surface area contributed by atoms with E-state index in [-0.39, 0.29) is 5.11 Å². The summed E-state index contributed by atoms with van der Waals surface area (Å²) in [6.45, 7) is 0. The summed E-state index contributed by atoms with van der Waals surface area (Å²) in [6, 6.07) is 14.5. The normalized spacial score (nSPS) is 9.83. The fourth-order valence-electron chi connectivity index (χ4n) is 1.45. The molecule has 18 heavy (non-hydrogen) atoms. The topological polar surface area (TPSA) is 47.3 Å². The number of hydrogen-bond acceptors (Lipinski definition) is 2. The molecule has 0 atom stereocenters. The maximum atomic E-state index is 5.90. The number of rotatable bonds is 3. The van der Waals surface area contributed by atoms with Crippen LogP contribution in [0, 0.1) is 0 Å². The molecule has 0 amide bonds. The minimum atomic E-state index is 0.192. The first-order chi connectivity index (χ1) is 8.65. The average Bonchev–Trinajstić information content (AvgIpc) is 2.31. The number of para-hydroxylation sites is 2. The quantitative estimate of drug-likeness (QED) is 0.839. The van der Waals surface area contributed by atoms with Crippen LogP contribution in [0.2, 0.25) is 5.02 Å². The van der Waals surface area contributed by atoms with E-state index in [1.165, 1.54) is 0 Å². The molecule has 5 heteroatoms. The second-order valence-corrected chi connectivity index (χ2v) is 4.42. The van der Waals surface area contributed by atoms with Crippen molar-refractivity contribution >= 4 is 34.6 Å². The Morgan fingerprint density at radius 3 is 2.67 bits per heavy atom. The fourth-order valence-corrected chi connectivity index (χ4v) is 1.74. The molecule has 2 aromatic carbocycles. The fraction of sp³-hybridized carbons (Fsp3) is 0. The Hall–Kier alpha value is -1.78. The van der Waals surface area contributed by atoms with Crippen LogP contribution in [0.1, 0.15) is 0 Å². The van der Waals surface area contributed by atoms with Crippen molar-refractivity contribution in [3.8, 4) is 11.5 Å². The number of hydrogen-bond donors (Lipinski definition) is 2. The van der Waals surface area contributed by atoms with Gasteiger partial charge in [0.15, 0.2) is 10.9 Å². The van der Waals surface area contributed by atoms with Gasteiger partial charge in [-0.1, -0.05) is 29.8 Å². The molecular weight excluding hydrogens is 268 g/mol. The molecule has 92 valence electrons. The number of thiocarbonyl (C=S) groups is 1. The van der Waals surface area contributed by atoms with Gasteiger partial charge < -0.3 is 15.8 Å². The van der Waals surface area contributed by atoms with Crippen LogP contribution >= 0.6 is 23.8 Å². The van der Waals surface area contributed by atoms with Crippen molar-refractivity contribution in [3.05, 3.63) is 53.6 Å². The molecule has 3 nitrogen and oxygen atoms in total. The van der Waals surface area contributed by atoms with Crippen molar-refractivity contribution in [1.29, 1.82) is 0 Å². The summed E-state index contributed by atoms with van der Waals surface area (Å²) in [6.07, 6.45) is 0. The van der Waals surface area contributed by atoms with Crippen LogP contribution < -0.4 is 15.8 Å². The molecule has 0 aromatic heterocycles. The first-order valence-corrected chi connectivity index (χ1v) is 6.02. The van der Waals surface area contributed by atoms with Gasteiger partial charge in [0.05, 0.1) is 5.69 Å². The molecule has 0 spiro atoms. The molecule has 0 saturated carbocycles. The lowest BCUT2D eigenvalue weighted by atomic mass is 10.3. The molecule has 2 rings (SSSR count). The van der Waals surface area contributed by atoms with Gasteiger partial charge in [-0.3, -0.25) is 0 Å². The smallest absolute Gasteiger partial charge is 0.168 e. The van der Waals surface area contributed by atoms with E-state index in [1.807, 2.05) is 36.4 Å². The van der Waals surface area contributed by atoms with Crippen LogP contribution in [0.3, 0.4) is 0 Å². The van der Waals surface area contributed by atoms with Gasteiger partial charge in [0.2, 0.25) is 0 Å². The largest absolute Gasteiger partial charge is 0.455 e. The highest BCUT2D eigenvalue weighted by Gasteiger charge is 2.04. The van der Waals surface area contributed by atoms with E-state index in [9.17, 15) is 0 Å². The SMILES string of the molecule is NC(=S)Nc1ccccc1Oc1cccc(Cl)c1. The van der Waals surface area contributed by atoms with E-state index in [2.05, 4.69) is 5.32 Å². The highest BCUT2D eigenvalue weighted by atomic mass is 35.5. The Kier molecular flexibility index (Phi) is 4.02. The second kappa shape index (κ2) is 5.71. The molecule has 0 aliphatic rings. The van der Waals surface area contributed by atoms with E-state index in [0.29, 0.717) is 22.2 Å². The number of nitrogens with one attached hydrogen (secondary N) is 1. The van der Waals surface area contributed by atoms with E-state index in [0.717, 1.165) is 0 Å². The van der Waals surface area contributed by atoms with Gasteiger partial charge >= 0.3 is 0 Å². The van der Waals surface area contributed by atoms with Crippen molar-refractivity contribution in [1.82, 2.24) is 0 Å². The Morgan fingerprint density at radius 2 is 1.94 bits per heavy atom. The minimum Gasteiger partial charge on any atom is -0.455 e. The molecule has 0 fully saturated rings. The van der Waals surface area contributed by atoms with Crippen LogP contribution in [0.5, 0.6) is 11.5 Å². The third-order valence-electron chi connectivity index (χ3n) is 2.17. The Balaban J connectivity index is 2.26. The summed E-state index contributed by atoms with van der Waals surface area (Å²) in [5.74, 6) is 1.28. The first kappa shape index (κ1) is 12.7. The Labute approximate surface area is 116 Å². The minimum absolute atomic E-state index is 0.192. The third kappa shape index (κ3) is 3.35. The lowest BCUT2D eigenvalue weighted by molar-refractivity contribution is 0.485. The zero-order valence-corrected chi connectivity index (χ0v) is 11.0. The molecule has 0 radical (unpaired) electrons. The average molecular weight is 279 g/mol. The summed E-state index contributed by atoms with van der Waals surface area (Å²) in [4.78, 5) is 0. The van der Waals surface area contributed by atoms with Crippen LogP contribution in [-0.2, 0) is 0 Å². The maximum absolute atomic E-state index is 5.90. The van der Waals surface area contributed by atoms with Crippen molar-refractivity contribution in [3.63, 3.8) is 0 Å². The number of nitrogens with two attached hydrogens (primary N) is 1. The van der Waals surface area contributed by atoms with Gasteiger partial charge in [-0.25, -0.2) is 0 Å². The van der Waals surface area contributed by atoms with Gasteiger partial charge in [0, 0.05) is 5.02 Å². The molecule has 0 saturated heterocycles. The molecule has 0 unspecified atom stereocenters. The predicted octanol–water partition coefficient (Wildman–Crippen LogP) is 3.79. The van der Waals surface area contributed by atoms with Gasteiger partial charge in [0.25, 0.3) is 0 Å². The van der Waals surface area contributed by atoms with Crippen molar-refractivity contribution in [2.75, 3.05) is 5.32 Å². The monoisotopic (exact) mass is 278 g/mol. The van der Waals surface area contributed by atoms with E-state index >= 15 is 0 Å². The Morgan fingerprint density at radius 1 is 1.17 bits per heavy atom. The highest BCUT2D eigenvalue weighted by Crippen LogP contribution is 2.30. The summed E-state index contributed by atoms with van der Waals surface area (Å²) in [5, 5.41) is 3.67. The van der Waals surface area contributed by atoms with Gasteiger partial charge in [-0.15, -0.1) is 0 Å². The van der Waals surface area contributed by atoms with Crippen molar-refractivity contribution in [2.45, 2.75) is 0 Å². The summed E-state index contributed by atoms with van der Waals surface area (Å²) in [7, 11) is 0. The number of benzene rings is 2. The van der Waals surface area contributed by atoms with E-state index < -0.39 is 0 Å². The molecule has 0 bridgehead atoms. The number of ether oxygens (including phenoxy) is 1. The summed E-state index contributed by atoms with van der Waals surface area (Å²) < 4.78 is 5.73. The third-order valence-corrected chi connectivity index (χ3v) is 2.51. The molecule has 0 aliphatic heterocycles. The number of anilines is 1. The first-order valence-electron chi connectivity index (χ1n) is 5.24. The summed E-state index contributed by atoms with van der Waals surface area (Å²) >= 11 is 10.7. The van der Waals surface area contributed by atoms with Crippen LogP contribution in [-0.4, -0.2) is 5.11 Å². The van der Waals surface area contributed by atoms with E-state index in [4.69, 9.17) is 34.3 Å². The number of halogens is 1. The Bertz CT molecular complexity index is 574. The van der Waals surface area contributed by atoms with E-state index in [1.54, 1.807) is 12.1 Å². The van der Waals surface area contributed by atoms with Crippen LogP contribution in [0.15, 0.2) is 48.5 Å². The molecule has 3 N–H and O–H groups in total. The maximum Gasteiger partial charge on any atom is 0.168 e. The molecular formula is C13H11ClN2OS. The molecule has 2 aromatic rings. The summed E-state index contributed by atoms with van der Waals surface area (Å²) in [5.41, 5.74) is 6.17. The highest BCUT2D eigenvalue weighted by molar-refractivity contribution is 7.80. The molecule has 0 aliphatic carbocycles. The standard InChI is InChI=1S/C13H11ClN2OS/c14-9-4-3-5-10(8-9)17-12-7-2-1-6-11(12)16-13(15)18/h1-8H,(H3,15,16,18). The second-order valence-electron chi connectivity index (χ2n) is 3.54. The predicted molar refractivity (Wildman–Crippen MR) is 78.4 cm³/mol. The van der Waals surface area contributed by atoms with Crippen molar-refractivity contribution in [2.24, 2.45) is 5.73 Å². The lowest BCUT2D eigenvalue weighted by Crippen LogP contribution is -2.19. The van der Waals surface area contributed by atoms with Gasteiger partial charge in [-0.2, -0.15) is 0 Å². The van der Waals surface area contributed by atoms with Crippen LogP contribution in [0.25, 0.3) is 0 Å². The van der Waals surface area contributed by atoms with Crippen LogP contribution in [0.4, 0.5) is 5.69 Å².